The summed E-state index contributed by atoms with van der Waals surface area (Å²) in [5.74, 6) is 5.03. The van der Waals surface area contributed by atoms with Gasteiger partial charge in [0.1, 0.15) is 6.42 Å². The van der Waals surface area contributed by atoms with Crippen molar-refractivity contribution in [2.75, 3.05) is 40.3 Å². The highest BCUT2D eigenvalue weighted by Gasteiger charge is 2.69. The first-order valence-corrected chi connectivity index (χ1v) is 19.5. The van der Waals surface area contributed by atoms with Gasteiger partial charge in [0.2, 0.25) is 11.8 Å². The first-order chi connectivity index (χ1) is 21.9. The van der Waals surface area contributed by atoms with E-state index >= 15 is 0 Å². The summed E-state index contributed by atoms with van der Waals surface area (Å²) in [7, 11) is 4.06. The summed E-state index contributed by atoms with van der Waals surface area (Å²) in [6.07, 6.45) is 16.0. The van der Waals surface area contributed by atoms with E-state index in [2.05, 4.69) is 45.0 Å². The maximum atomic E-state index is 13.1. The summed E-state index contributed by atoms with van der Waals surface area (Å²) >= 11 is 0. The predicted molar refractivity (Wildman–Crippen MR) is 181 cm³/mol. The summed E-state index contributed by atoms with van der Waals surface area (Å²) in [4.78, 5) is 30.1. The van der Waals surface area contributed by atoms with E-state index in [4.69, 9.17) is 9.47 Å². The Morgan fingerprint density at radius 2 is 1.67 bits per heavy atom. The second-order valence-electron chi connectivity index (χ2n) is 18.2. The molecule has 7 heteroatoms. The second-order valence-corrected chi connectivity index (χ2v) is 18.2. The summed E-state index contributed by atoms with van der Waals surface area (Å²) in [5.41, 5.74) is 0.728. The standard InChI is InChI=1S/C39H65N3O4/c1-25-9-17-39(45-24-25)26(2)36-33(46-39)22-32-30-8-7-28-21-29(10-15-37(28,3)31(30)11-16-38(32,36)4)40-34(43)23-35(44)42(6)20-14-27-12-18-41(5)19-13-27/h25-33,36H,7-24H2,1-6H3,(H,40,43)/t25-,26+,28-,29?,30-,31?,32+,33+,36+,37+,38+,39-/m1/s1. The van der Waals surface area contributed by atoms with Crippen LogP contribution in [0.4, 0.5) is 0 Å². The number of carbonyl (C=O) groups excluding carboxylic acids is 2. The van der Waals surface area contributed by atoms with Crippen molar-refractivity contribution in [1.82, 2.24) is 15.1 Å². The Morgan fingerprint density at radius 1 is 0.913 bits per heavy atom. The van der Waals surface area contributed by atoms with Gasteiger partial charge in [-0.05, 0) is 149 Å². The Bertz CT molecular complexity index is 1130. The molecule has 12 atom stereocenters. The van der Waals surface area contributed by atoms with Crippen LogP contribution in [0.2, 0.25) is 0 Å². The van der Waals surface area contributed by atoms with E-state index in [0.29, 0.717) is 46.5 Å². The molecule has 4 saturated carbocycles. The van der Waals surface area contributed by atoms with Crippen molar-refractivity contribution in [3.8, 4) is 0 Å². The number of hydrogen-bond acceptors (Lipinski definition) is 5. The number of likely N-dealkylation sites (tertiary alicyclic amines) is 1. The molecule has 1 N–H and O–H groups in total. The third-order valence-electron chi connectivity index (χ3n) is 15.7. The zero-order valence-corrected chi connectivity index (χ0v) is 30.0. The van der Waals surface area contributed by atoms with Gasteiger partial charge >= 0.3 is 0 Å². The lowest BCUT2D eigenvalue weighted by Crippen LogP contribution is -2.56. The summed E-state index contributed by atoms with van der Waals surface area (Å²) in [6, 6.07) is 0.211. The molecule has 2 amide bonds. The third-order valence-corrected chi connectivity index (χ3v) is 15.7. The number of nitrogens with one attached hydrogen (secondary N) is 1. The molecule has 260 valence electrons. The number of amides is 2. The number of ether oxygens (including phenoxy) is 2. The molecule has 4 aliphatic carbocycles. The molecule has 7 nitrogen and oxygen atoms in total. The molecular formula is C39H65N3O4. The minimum absolute atomic E-state index is 0.0124. The number of hydrogen-bond donors (Lipinski definition) is 1. The lowest BCUT2D eigenvalue weighted by atomic mass is 9.44. The highest BCUT2D eigenvalue weighted by atomic mass is 16.7. The minimum atomic E-state index is -0.328. The van der Waals surface area contributed by atoms with Crippen molar-refractivity contribution in [2.45, 2.75) is 136 Å². The Hall–Kier alpha value is -1.18. The summed E-state index contributed by atoms with van der Waals surface area (Å²) in [5, 5.41) is 3.32. The third kappa shape index (κ3) is 5.78. The van der Waals surface area contributed by atoms with E-state index in [1.165, 1.54) is 57.8 Å². The topological polar surface area (TPSA) is 71.1 Å². The van der Waals surface area contributed by atoms with Crippen LogP contribution < -0.4 is 5.32 Å². The average Bonchev–Trinajstić information content (AvgIpc) is 3.47. The second kappa shape index (κ2) is 12.6. The highest BCUT2D eigenvalue weighted by molar-refractivity contribution is 5.96. The number of piperidine rings is 1. The van der Waals surface area contributed by atoms with Gasteiger partial charge in [-0.3, -0.25) is 9.59 Å². The molecule has 2 unspecified atom stereocenters. The molecule has 0 aromatic heterocycles. The van der Waals surface area contributed by atoms with E-state index in [1.807, 2.05) is 7.05 Å². The quantitative estimate of drug-likeness (QED) is 0.336. The Kier molecular flexibility index (Phi) is 9.14. The smallest absolute Gasteiger partial charge is 0.231 e. The van der Waals surface area contributed by atoms with Gasteiger partial charge in [-0.15, -0.1) is 0 Å². The van der Waals surface area contributed by atoms with Gasteiger partial charge in [0.15, 0.2) is 5.79 Å². The molecule has 3 saturated heterocycles. The molecule has 7 aliphatic rings. The van der Waals surface area contributed by atoms with E-state index in [0.717, 1.165) is 69.7 Å². The number of fused-ring (bicyclic) bond motifs is 7. The van der Waals surface area contributed by atoms with Crippen LogP contribution >= 0.6 is 0 Å². The Morgan fingerprint density at radius 3 is 2.41 bits per heavy atom. The zero-order chi connectivity index (χ0) is 32.4. The number of carbonyl (C=O) groups is 2. The van der Waals surface area contributed by atoms with Crippen molar-refractivity contribution in [3.05, 3.63) is 0 Å². The van der Waals surface area contributed by atoms with Gasteiger partial charge in [-0.1, -0.05) is 27.7 Å². The summed E-state index contributed by atoms with van der Waals surface area (Å²) in [6.45, 7) is 13.9. The molecular weight excluding hydrogens is 574 g/mol. The lowest BCUT2D eigenvalue weighted by molar-refractivity contribution is -0.273. The zero-order valence-electron chi connectivity index (χ0n) is 30.0. The van der Waals surface area contributed by atoms with Crippen LogP contribution in [0.25, 0.3) is 0 Å². The first kappa shape index (κ1) is 33.3. The van der Waals surface area contributed by atoms with Gasteiger partial charge in [0, 0.05) is 32.0 Å². The van der Waals surface area contributed by atoms with Crippen molar-refractivity contribution < 1.29 is 19.1 Å². The maximum Gasteiger partial charge on any atom is 0.231 e. The van der Waals surface area contributed by atoms with Crippen molar-refractivity contribution >= 4 is 11.8 Å². The molecule has 0 bridgehead atoms. The van der Waals surface area contributed by atoms with Crippen LogP contribution in [-0.4, -0.2) is 79.9 Å². The van der Waals surface area contributed by atoms with Gasteiger partial charge in [0.25, 0.3) is 0 Å². The molecule has 0 aromatic rings. The predicted octanol–water partition coefficient (Wildman–Crippen LogP) is 6.50. The minimum Gasteiger partial charge on any atom is -0.353 e. The molecule has 46 heavy (non-hydrogen) atoms. The molecule has 7 rings (SSSR count). The maximum absolute atomic E-state index is 13.1. The monoisotopic (exact) mass is 639 g/mol. The molecule has 0 radical (unpaired) electrons. The fourth-order valence-corrected chi connectivity index (χ4v) is 12.8. The van der Waals surface area contributed by atoms with Gasteiger partial charge in [0.05, 0.1) is 12.7 Å². The van der Waals surface area contributed by atoms with Crippen LogP contribution in [-0.2, 0) is 19.1 Å². The summed E-state index contributed by atoms with van der Waals surface area (Å²) < 4.78 is 13.5. The van der Waals surface area contributed by atoms with Gasteiger partial charge in [-0.2, -0.15) is 0 Å². The fourth-order valence-electron chi connectivity index (χ4n) is 12.8. The van der Waals surface area contributed by atoms with Crippen LogP contribution in [0.3, 0.4) is 0 Å². The average molecular weight is 640 g/mol. The van der Waals surface area contributed by atoms with Crippen LogP contribution in [0, 0.1) is 58.2 Å². The van der Waals surface area contributed by atoms with E-state index in [-0.39, 0.29) is 30.1 Å². The fraction of sp³-hybridized carbons (Fsp3) is 0.949. The van der Waals surface area contributed by atoms with E-state index in [9.17, 15) is 9.59 Å². The first-order valence-electron chi connectivity index (χ1n) is 19.5. The van der Waals surface area contributed by atoms with Crippen LogP contribution in [0.1, 0.15) is 118 Å². The molecule has 3 aliphatic heterocycles. The number of nitrogens with zero attached hydrogens (tertiary/aromatic N) is 2. The van der Waals surface area contributed by atoms with E-state index in [1.54, 1.807) is 4.90 Å². The van der Waals surface area contributed by atoms with Crippen molar-refractivity contribution in [3.63, 3.8) is 0 Å². The van der Waals surface area contributed by atoms with E-state index < -0.39 is 0 Å². The highest BCUT2D eigenvalue weighted by Crippen LogP contribution is 2.71. The Labute approximate surface area is 279 Å². The lowest BCUT2D eigenvalue weighted by Gasteiger charge is -2.61. The van der Waals surface area contributed by atoms with Crippen molar-refractivity contribution in [2.24, 2.45) is 58.2 Å². The van der Waals surface area contributed by atoms with Gasteiger partial charge in [-0.25, -0.2) is 0 Å². The normalized spacial score (nSPS) is 47.5. The number of rotatable bonds is 6. The molecule has 7 fully saturated rings. The van der Waals surface area contributed by atoms with Crippen LogP contribution in [0.15, 0.2) is 0 Å². The van der Waals surface area contributed by atoms with Crippen molar-refractivity contribution in [1.29, 1.82) is 0 Å². The molecule has 1 spiro atoms. The van der Waals surface area contributed by atoms with Gasteiger partial charge < -0.3 is 24.6 Å². The largest absolute Gasteiger partial charge is 0.353 e. The molecule has 3 heterocycles. The SMILES string of the molecule is C[C@@H]1CC[C@@]2(OC1)O[C@H]1C[C@H]3[C@@H]4CC[C@@H]5CC(NC(=O)CC(=O)N(C)CCC6CCN(C)CC6)CC[C@]5(C)C4CC[C@]3(C)[C@H]1[C@@H]2C. The molecule has 0 aromatic carbocycles. The van der Waals surface area contributed by atoms with Crippen LogP contribution in [0.5, 0.6) is 0 Å². The Balaban J connectivity index is 0.914.